The summed E-state index contributed by atoms with van der Waals surface area (Å²) in [4.78, 5) is 33.3. The molecule has 2 aromatic rings. The summed E-state index contributed by atoms with van der Waals surface area (Å²) in [6.45, 7) is 2.38. The van der Waals surface area contributed by atoms with Gasteiger partial charge in [0.05, 0.1) is 12.3 Å². The molecular weight excluding hydrogens is 354 g/mol. The predicted octanol–water partition coefficient (Wildman–Crippen LogP) is 3.02. The molecule has 28 heavy (non-hydrogen) atoms. The second kappa shape index (κ2) is 7.88. The Hall–Kier alpha value is -3.09. The molecule has 0 bridgehead atoms. The summed E-state index contributed by atoms with van der Waals surface area (Å²) in [5.74, 6) is 1.29. The number of anilines is 1. The van der Waals surface area contributed by atoms with Crippen molar-refractivity contribution in [3.8, 4) is 0 Å². The van der Waals surface area contributed by atoms with E-state index in [-0.39, 0.29) is 24.7 Å². The Morgan fingerprint density at radius 3 is 2.68 bits per heavy atom. The van der Waals surface area contributed by atoms with Crippen LogP contribution in [0, 0.1) is 6.92 Å². The topological polar surface area (TPSA) is 87.5 Å². The zero-order valence-electron chi connectivity index (χ0n) is 15.9. The van der Waals surface area contributed by atoms with Crippen LogP contribution in [0.2, 0.25) is 0 Å². The molecule has 2 aliphatic rings. The van der Waals surface area contributed by atoms with Crippen LogP contribution in [0.15, 0.2) is 41.5 Å². The normalized spacial score (nSPS) is 16.0. The first-order chi connectivity index (χ1) is 13.6. The van der Waals surface area contributed by atoms with Crippen molar-refractivity contribution in [2.75, 3.05) is 11.9 Å². The molecule has 0 radical (unpaired) electrons. The summed E-state index contributed by atoms with van der Waals surface area (Å²) in [7, 11) is 0. The van der Waals surface area contributed by atoms with Gasteiger partial charge in [0, 0.05) is 36.9 Å². The minimum atomic E-state index is -0.223. The molecule has 0 atom stereocenters. The van der Waals surface area contributed by atoms with Crippen LogP contribution >= 0.6 is 0 Å². The molecule has 7 heteroatoms. The number of benzene rings is 1. The lowest BCUT2D eigenvalue weighted by molar-refractivity contribution is -0.132. The molecule has 2 heterocycles. The summed E-state index contributed by atoms with van der Waals surface area (Å²) in [6, 6.07) is 11.7. The van der Waals surface area contributed by atoms with E-state index in [9.17, 15) is 9.59 Å². The quantitative estimate of drug-likeness (QED) is 0.838. The number of hydrazone groups is 1. The summed E-state index contributed by atoms with van der Waals surface area (Å²) in [5.41, 5.74) is 2.92. The number of amides is 2. The highest BCUT2D eigenvalue weighted by molar-refractivity contribution is 6.02. The number of carbonyl (C=O) groups is 2. The van der Waals surface area contributed by atoms with E-state index < -0.39 is 0 Å². The number of hydrogen-bond donors (Lipinski definition) is 1. The molecule has 4 rings (SSSR count). The Morgan fingerprint density at radius 1 is 1.14 bits per heavy atom. The van der Waals surface area contributed by atoms with E-state index in [1.807, 2.05) is 43.3 Å². The zero-order valence-corrected chi connectivity index (χ0v) is 15.9. The van der Waals surface area contributed by atoms with Gasteiger partial charge in [-0.3, -0.25) is 9.59 Å². The van der Waals surface area contributed by atoms with E-state index in [4.69, 9.17) is 0 Å². The van der Waals surface area contributed by atoms with E-state index in [0.717, 1.165) is 36.2 Å². The fourth-order valence-electron chi connectivity index (χ4n) is 3.27. The van der Waals surface area contributed by atoms with Crippen LogP contribution in [0.3, 0.4) is 0 Å². The van der Waals surface area contributed by atoms with Crippen molar-refractivity contribution in [3.05, 3.63) is 53.5 Å². The predicted molar refractivity (Wildman–Crippen MR) is 106 cm³/mol. The van der Waals surface area contributed by atoms with Crippen LogP contribution in [0.25, 0.3) is 0 Å². The molecule has 1 N–H and O–H groups in total. The van der Waals surface area contributed by atoms with Crippen LogP contribution in [0.5, 0.6) is 0 Å². The molecule has 0 unspecified atom stereocenters. The standard InChI is InChI=1S/C21H23N5O2/c1-14-22-18(16-7-8-16)13-19(23-14)24-20(27)9-10-21(28)26-12-11-17(25-26)15-5-3-2-4-6-15/h2-6,13,16H,7-12H2,1H3,(H,22,23,24,27). The average molecular weight is 377 g/mol. The van der Waals surface area contributed by atoms with Gasteiger partial charge >= 0.3 is 0 Å². The molecule has 1 saturated carbocycles. The SMILES string of the molecule is Cc1nc(NC(=O)CCC(=O)N2CCC(c3ccccc3)=N2)cc(C2CC2)n1. The number of carbonyl (C=O) groups excluding carboxylic acids is 2. The molecule has 7 nitrogen and oxygen atoms in total. The molecular formula is C21H23N5O2. The summed E-state index contributed by atoms with van der Waals surface area (Å²) < 4.78 is 0. The van der Waals surface area contributed by atoms with Crippen LogP contribution in [-0.2, 0) is 9.59 Å². The van der Waals surface area contributed by atoms with E-state index in [1.165, 1.54) is 5.01 Å². The number of rotatable bonds is 6. The molecule has 1 aromatic heterocycles. The van der Waals surface area contributed by atoms with Gasteiger partial charge in [-0.15, -0.1) is 0 Å². The van der Waals surface area contributed by atoms with Crippen molar-refractivity contribution in [2.24, 2.45) is 5.10 Å². The second-order valence-corrected chi connectivity index (χ2v) is 7.23. The zero-order chi connectivity index (χ0) is 19.5. The molecule has 1 aliphatic carbocycles. The highest BCUT2D eigenvalue weighted by atomic mass is 16.2. The fraction of sp³-hybridized carbons (Fsp3) is 0.381. The van der Waals surface area contributed by atoms with Crippen LogP contribution < -0.4 is 5.32 Å². The van der Waals surface area contributed by atoms with Gasteiger partial charge in [0.2, 0.25) is 11.8 Å². The van der Waals surface area contributed by atoms with E-state index in [0.29, 0.717) is 24.1 Å². The third-order valence-corrected chi connectivity index (χ3v) is 4.88. The lowest BCUT2D eigenvalue weighted by atomic mass is 10.1. The lowest BCUT2D eigenvalue weighted by Crippen LogP contribution is -2.25. The Bertz CT molecular complexity index is 922. The molecule has 1 fully saturated rings. The third-order valence-electron chi connectivity index (χ3n) is 4.88. The van der Waals surface area contributed by atoms with Crippen molar-refractivity contribution in [1.29, 1.82) is 0 Å². The number of aryl methyl sites for hydroxylation is 1. The number of aromatic nitrogens is 2. The van der Waals surface area contributed by atoms with Crippen molar-refractivity contribution in [2.45, 2.75) is 44.9 Å². The fourth-order valence-corrected chi connectivity index (χ4v) is 3.27. The van der Waals surface area contributed by atoms with Gasteiger partial charge in [-0.2, -0.15) is 5.10 Å². The van der Waals surface area contributed by atoms with Gasteiger partial charge < -0.3 is 5.32 Å². The van der Waals surface area contributed by atoms with Crippen LogP contribution in [-0.4, -0.2) is 39.0 Å². The maximum atomic E-state index is 12.4. The first-order valence-corrected chi connectivity index (χ1v) is 9.67. The van der Waals surface area contributed by atoms with E-state index >= 15 is 0 Å². The molecule has 0 saturated heterocycles. The lowest BCUT2D eigenvalue weighted by Gasteiger charge is -2.11. The first kappa shape index (κ1) is 18.3. The number of hydrogen-bond acceptors (Lipinski definition) is 5. The molecule has 0 spiro atoms. The highest BCUT2D eigenvalue weighted by Crippen LogP contribution is 2.39. The second-order valence-electron chi connectivity index (χ2n) is 7.23. The Labute approximate surface area is 163 Å². The molecule has 2 amide bonds. The van der Waals surface area contributed by atoms with Crippen molar-refractivity contribution in [1.82, 2.24) is 15.0 Å². The van der Waals surface area contributed by atoms with Crippen LogP contribution in [0.4, 0.5) is 5.82 Å². The smallest absolute Gasteiger partial charge is 0.243 e. The Kier molecular flexibility index (Phi) is 5.14. The number of nitrogens with one attached hydrogen (secondary N) is 1. The van der Waals surface area contributed by atoms with Gasteiger partial charge in [0.1, 0.15) is 11.6 Å². The van der Waals surface area contributed by atoms with Gasteiger partial charge in [-0.05, 0) is 25.3 Å². The van der Waals surface area contributed by atoms with Crippen molar-refractivity contribution in [3.63, 3.8) is 0 Å². The maximum absolute atomic E-state index is 12.4. The summed E-state index contributed by atoms with van der Waals surface area (Å²) in [6.07, 6.45) is 3.23. The largest absolute Gasteiger partial charge is 0.311 e. The maximum Gasteiger partial charge on any atom is 0.243 e. The van der Waals surface area contributed by atoms with Gasteiger partial charge in [-0.1, -0.05) is 30.3 Å². The Morgan fingerprint density at radius 2 is 1.93 bits per heavy atom. The van der Waals surface area contributed by atoms with Crippen molar-refractivity contribution < 1.29 is 9.59 Å². The van der Waals surface area contributed by atoms with E-state index in [2.05, 4.69) is 20.4 Å². The summed E-state index contributed by atoms with van der Waals surface area (Å²) >= 11 is 0. The highest BCUT2D eigenvalue weighted by Gasteiger charge is 2.26. The average Bonchev–Trinajstić information content (AvgIpc) is 3.43. The molecule has 144 valence electrons. The van der Waals surface area contributed by atoms with Gasteiger partial charge in [-0.25, -0.2) is 15.0 Å². The minimum absolute atomic E-state index is 0.105. The van der Waals surface area contributed by atoms with Gasteiger partial charge in [0.15, 0.2) is 0 Å². The number of nitrogens with zero attached hydrogens (tertiary/aromatic N) is 4. The molecule has 1 aromatic carbocycles. The summed E-state index contributed by atoms with van der Waals surface area (Å²) in [5, 5.41) is 8.68. The molecule has 1 aliphatic heterocycles. The third kappa shape index (κ3) is 4.42. The minimum Gasteiger partial charge on any atom is -0.311 e. The van der Waals surface area contributed by atoms with Gasteiger partial charge in [0.25, 0.3) is 0 Å². The van der Waals surface area contributed by atoms with Crippen LogP contribution in [0.1, 0.15) is 55.1 Å². The monoisotopic (exact) mass is 377 g/mol. The first-order valence-electron chi connectivity index (χ1n) is 9.67. The van der Waals surface area contributed by atoms with E-state index in [1.54, 1.807) is 0 Å². The van der Waals surface area contributed by atoms with Crippen molar-refractivity contribution >= 4 is 23.3 Å². The Balaban J connectivity index is 1.30.